The maximum Gasteiger partial charge on any atom is 0.222 e. The lowest BCUT2D eigenvalue weighted by atomic mass is 10.1. The third-order valence-electron chi connectivity index (χ3n) is 5.70. The minimum Gasteiger partial charge on any atom is -0.497 e. The molecule has 2 aromatic carbocycles. The molecule has 0 aromatic heterocycles. The Balaban J connectivity index is 1.53. The lowest BCUT2D eigenvalue weighted by Crippen LogP contribution is -2.48. The molecule has 0 bridgehead atoms. The van der Waals surface area contributed by atoms with Gasteiger partial charge in [0.05, 0.1) is 28.4 Å². The number of amides is 1. The molecule has 0 atom stereocenters. The first kappa shape index (κ1) is 22.7. The topological polar surface area (TPSA) is 60.5 Å². The van der Waals surface area contributed by atoms with Crippen LogP contribution in [0.4, 0.5) is 0 Å². The van der Waals surface area contributed by atoms with E-state index >= 15 is 0 Å². The quantitative estimate of drug-likeness (QED) is 0.612. The van der Waals surface area contributed by atoms with Crippen LogP contribution in [0.3, 0.4) is 0 Å². The van der Waals surface area contributed by atoms with Gasteiger partial charge in [-0.25, -0.2) is 0 Å². The van der Waals surface area contributed by atoms with E-state index in [0.29, 0.717) is 24.3 Å². The van der Waals surface area contributed by atoms with Gasteiger partial charge >= 0.3 is 0 Å². The highest BCUT2D eigenvalue weighted by molar-refractivity contribution is 5.76. The molecule has 2 aromatic rings. The number of hydrogen-bond donors (Lipinski definition) is 0. The van der Waals surface area contributed by atoms with E-state index in [-0.39, 0.29) is 5.91 Å². The maximum atomic E-state index is 12.8. The van der Waals surface area contributed by atoms with Crippen molar-refractivity contribution < 1.29 is 23.7 Å². The number of methoxy groups -OCH3 is 4. The third-order valence-corrected chi connectivity index (χ3v) is 5.70. The van der Waals surface area contributed by atoms with E-state index in [1.165, 1.54) is 0 Å². The summed E-state index contributed by atoms with van der Waals surface area (Å²) in [5, 5.41) is 0. The Morgan fingerprint density at radius 3 is 2.23 bits per heavy atom. The Kier molecular flexibility index (Phi) is 8.00. The van der Waals surface area contributed by atoms with Crippen LogP contribution in [-0.2, 0) is 17.8 Å². The highest BCUT2D eigenvalue weighted by atomic mass is 16.5. The molecule has 168 valence electrons. The summed E-state index contributed by atoms with van der Waals surface area (Å²) < 4.78 is 21.7. The molecule has 3 rings (SSSR count). The Bertz CT molecular complexity index is 878. The average Bonchev–Trinajstić information content (AvgIpc) is 2.82. The smallest absolute Gasteiger partial charge is 0.222 e. The summed E-state index contributed by atoms with van der Waals surface area (Å²) in [7, 11) is 6.59. The second kappa shape index (κ2) is 10.9. The van der Waals surface area contributed by atoms with E-state index in [1.54, 1.807) is 28.4 Å². The number of para-hydroxylation sites is 1. The van der Waals surface area contributed by atoms with Gasteiger partial charge < -0.3 is 23.8 Å². The minimum atomic E-state index is 0.170. The number of ether oxygens (including phenoxy) is 4. The van der Waals surface area contributed by atoms with Crippen molar-refractivity contribution in [3.63, 3.8) is 0 Å². The zero-order valence-corrected chi connectivity index (χ0v) is 18.8. The third kappa shape index (κ3) is 5.61. The van der Waals surface area contributed by atoms with Crippen LogP contribution in [0.15, 0.2) is 36.4 Å². The van der Waals surface area contributed by atoms with Crippen LogP contribution < -0.4 is 18.9 Å². The lowest BCUT2D eigenvalue weighted by molar-refractivity contribution is -0.133. The summed E-state index contributed by atoms with van der Waals surface area (Å²) in [6.45, 7) is 3.87. The van der Waals surface area contributed by atoms with Crippen molar-refractivity contribution >= 4 is 5.91 Å². The van der Waals surface area contributed by atoms with Gasteiger partial charge in [-0.3, -0.25) is 9.69 Å². The number of piperazine rings is 1. The normalized spacial score (nSPS) is 14.3. The van der Waals surface area contributed by atoms with E-state index in [9.17, 15) is 4.79 Å². The fraction of sp³-hybridized carbons (Fsp3) is 0.458. The number of carbonyl (C=O) groups excluding carboxylic acids is 1. The first-order valence-corrected chi connectivity index (χ1v) is 10.5. The molecule has 0 spiro atoms. The molecule has 0 saturated carbocycles. The van der Waals surface area contributed by atoms with Gasteiger partial charge in [0, 0.05) is 44.7 Å². The summed E-state index contributed by atoms with van der Waals surface area (Å²) in [6.07, 6.45) is 1.08. The predicted octanol–water partition coefficient (Wildman–Crippen LogP) is 3.00. The first-order chi connectivity index (χ1) is 15.1. The van der Waals surface area contributed by atoms with Crippen molar-refractivity contribution in [1.29, 1.82) is 0 Å². The van der Waals surface area contributed by atoms with Crippen LogP contribution >= 0.6 is 0 Å². The summed E-state index contributed by atoms with van der Waals surface area (Å²) >= 11 is 0. The minimum absolute atomic E-state index is 0.170. The number of aryl methyl sites for hydroxylation is 1. The van der Waals surface area contributed by atoms with Crippen molar-refractivity contribution in [2.75, 3.05) is 54.6 Å². The van der Waals surface area contributed by atoms with Crippen LogP contribution in [-0.4, -0.2) is 70.3 Å². The van der Waals surface area contributed by atoms with Crippen LogP contribution in [0.25, 0.3) is 0 Å². The molecule has 0 aliphatic carbocycles. The van der Waals surface area contributed by atoms with Gasteiger partial charge in [0.25, 0.3) is 0 Å². The molecule has 0 unspecified atom stereocenters. The lowest BCUT2D eigenvalue weighted by Gasteiger charge is -2.35. The van der Waals surface area contributed by atoms with Gasteiger partial charge in [0.1, 0.15) is 11.5 Å². The Labute approximate surface area is 184 Å². The fourth-order valence-corrected chi connectivity index (χ4v) is 3.95. The molecule has 1 aliphatic rings. The summed E-state index contributed by atoms with van der Waals surface area (Å²) in [5.74, 6) is 3.23. The summed E-state index contributed by atoms with van der Waals surface area (Å²) in [4.78, 5) is 17.1. The predicted molar refractivity (Wildman–Crippen MR) is 119 cm³/mol. The Morgan fingerprint density at radius 1 is 0.839 bits per heavy atom. The molecule has 7 nitrogen and oxygen atoms in total. The Morgan fingerprint density at radius 2 is 1.58 bits per heavy atom. The highest BCUT2D eigenvalue weighted by Gasteiger charge is 2.22. The van der Waals surface area contributed by atoms with Crippen molar-refractivity contribution in [1.82, 2.24) is 9.80 Å². The number of rotatable bonds is 9. The highest BCUT2D eigenvalue weighted by Crippen LogP contribution is 2.31. The van der Waals surface area contributed by atoms with Gasteiger partial charge in [0.2, 0.25) is 5.91 Å². The second-order valence-corrected chi connectivity index (χ2v) is 7.49. The second-order valence-electron chi connectivity index (χ2n) is 7.49. The summed E-state index contributed by atoms with van der Waals surface area (Å²) in [6, 6.07) is 11.6. The largest absolute Gasteiger partial charge is 0.497 e. The monoisotopic (exact) mass is 428 g/mol. The van der Waals surface area contributed by atoms with E-state index in [4.69, 9.17) is 18.9 Å². The molecule has 31 heavy (non-hydrogen) atoms. The van der Waals surface area contributed by atoms with Crippen molar-refractivity contribution in [2.45, 2.75) is 19.4 Å². The van der Waals surface area contributed by atoms with Gasteiger partial charge in [-0.2, -0.15) is 0 Å². The molecule has 7 heteroatoms. The fourth-order valence-electron chi connectivity index (χ4n) is 3.95. The zero-order chi connectivity index (χ0) is 22.2. The molecule has 1 fully saturated rings. The summed E-state index contributed by atoms with van der Waals surface area (Å²) in [5.41, 5.74) is 2.07. The van der Waals surface area contributed by atoms with E-state index < -0.39 is 0 Å². The van der Waals surface area contributed by atoms with Gasteiger partial charge in [-0.1, -0.05) is 12.1 Å². The van der Waals surface area contributed by atoms with E-state index in [1.807, 2.05) is 41.3 Å². The number of benzene rings is 2. The van der Waals surface area contributed by atoms with Crippen LogP contribution in [0, 0.1) is 0 Å². The van der Waals surface area contributed by atoms with Crippen LogP contribution in [0.5, 0.6) is 23.0 Å². The molecular formula is C24H32N2O5. The number of nitrogens with zero attached hydrogens (tertiary/aromatic N) is 2. The van der Waals surface area contributed by atoms with Gasteiger partial charge in [-0.15, -0.1) is 0 Å². The standard InChI is InChI=1S/C24H32N2O5/c1-28-20-9-10-21(29-2)19(16-20)17-25-12-14-26(15-13-25)23(27)11-8-18-6-5-7-22(30-3)24(18)31-4/h5-7,9-10,16H,8,11-15,17H2,1-4H3. The zero-order valence-electron chi connectivity index (χ0n) is 18.8. The van der Waals surface area contributed by atoms with Crippen molar-refractivity contribution in [3.8, 4) is 23.0 Å². The van der Waals surface area contributed by atoms with Crippen molar-refractivity contribution in [3.05, 3.63) is 47.5 Å². The van der Waals surface area contributed by atoms with Crippen molar-refractivity contribution in [2.24, 2.45) is 0 Å². The number of hydrogen-bond acceptors (Lipinski definition) is 6. The molecule has 0 N–H and O–H groups in total. The number of carbonyl (C=O) groups is 1. The molecule has 1 heterocycles. The maximum absolute atomic E-state index is 12.8. The molecule has 1 aliphatic heterocycles. The molecule has 1 saturated heterocycles. The van der Waals surface area contributed by atoms with E-state index in [0.717, 1.165) is 55.3 Å². The molecule has 1 amide bonds. The van der Waals surface area contributed by atoms with E-state index in [2.05, 4.69) is 4.90 Å². The SMILES string of the molecule is COc1ccc(OC)c(CN2CCN(C(=O)CCc3cccc(OC)c3OC)CC2)c1. The molecule has 0 radical (unpaired) electrons. The average molecular weight is 429 g/mol. The first-order valence-electron chi connectivity index (χ1n) is 10.5. The Hall–Kier alpha value is -2.93. The van der Waals surface area contributed by atoms with Gasteiger partial charge in [0.15, 0.2) is 11.5 Å². The van der Waals surface area contributed by atoms with Gasteiger partial charge in [-0.05, 0) is 36.2 Å². The van der Waals surface area contributed by atoms with Crippen LogP contribution in [0.2, 0.25) is 0 Å². The molecular weight excluding hydrogens is 396 g/mol. The van der Waals surface area contributed by atoms with Crippen LogP contribution in [0.1, 0.15) is 17.5 Å².